The van der Waals surface area contributed by atoms with E-state index < -0.39 is 0 Å². The van der Waals surface area contributed by atoms with Gasteiger partial charge in [-0.15, -0.1) is 11.3 Å². The molecule has 1 aromatic heterocycles. The molecule has 2 rings (SSSR count). The van der Waals surface area contributed by atoms with Crippen LogP contribution in [0.1, 0.15) is 16.3 Å². The summed E-state index contributed by atoms with van der Waals surface area (Å²) in [6.45, 7) is 3.40. The number of carbonyl (C=O) groups is 1. The first-order valence-electron chi connectivity index (χ1n) is 4.62. The van der Waals surface area contributed by atoms with Crippen molar-refractivity contribution in [3.63, 3.8) is 0 Å². The Bertz CT molecular complexity index is 350. The maximum atomic E-state index is 11.5. The van der Waals surface area contributed by atoms with Crippen LogP contribution in [-0.4, -0.2) is 28.4 Å². The van der Waals surface area contributed by atoms with Gasteiger partial charge in [-0.3, -0.25) is 4.79 Å². The molecule has 76 valence electrons. The van der Waals surface area contributed by atoms with Crippen molar-refractivity contribution in [1.29, 1.82) is 0 Å². The molecule has 4 nitrogen and oxygen atoms in total. The molecular formula is C9H13N3OS. The first-order chi connectivity index (χ1) is 6.66. The zero-order valence-corrected chi connectivity index (χ0v) is 8.88. The van der Waals surface area contributed by atoms with Gasteiger partial charge in [0.1, 0.15) is 0 Å². The summed E-state index contributed by atoms with van der Waals surface area (Å²) in [5, 5.41) is 1.04. The fraction of sp³-hybridized carbons (Fsp3) is 0.556. The third-order valence-electron chi connectivity index (χ3n) is 2.35. The topological polar surface area (TPSA) is 59.2 Å². The molecule has 0 saturated carbocycles. The van der Waals surface area contributed by atoms with Crippen molar-refractivity contribution in [2.45, 2.75) is 25.9 Å². The molecule has 1 atom stereocenters. The SMILES string of the molecule is Cc1ncc(CN2CCC(N)C2=O)s1. The predicted octanol–water partition coefficient (Wildman–Crippen LogP) is 0.511. The van der Waals surface area contributed by atoms with Crippen molar-refractivity contribution in [3.05, 3.63) is 16.1 Å². The number of carbonyl (C=O) groups excluding carboxylic acids is 1. The summed E-state index contributed by atoms with van der Waals surface area (Å²) >= 11 is 1.63. The summed E-state index contributed by atoms with van der Waals surface area (Å²) in [5.41, 5.74) is 5.62. The normalized spacial score (nSPS) is 22.0. The van der Waals surface area contributed by atoms with Crippen LogP contribution in [0, 0.1) is 6.92 Å². The van der Waals surface area contributed by atoms with Gasteiger partial charge in [-0.05, 0) is 13.3 Å². The molecule has 1 aromatic rings. The van der Waals surface area contributed by atoms with Gasteiger partial charge in [0.25, 0.3) is 0 Å². The number of nitrogens with two attached hydrogens (primary N) is 1. The summed E-state index contributed by atoms with van der Waals surface area (Å²) in [6.07, 6.45) is 2.60. The van der Waals surface area contributed by atoms with E-state index in [0.717, 1.165) is 22.9 Å². The van der Waals surface area contributed by atoms with Crippen molar-refractivity contribution in [1.82, 2.24) is 9.88 Å². The maximum absolute atomic E-state index is 11.5. The molecule has 1 amide bonds. The third kappa shape index (κ3) is 1.78. The highest BCUT2D eigenvalue weighted by Crippen LogP contribution is 2.17. The van der Waals surface area contributed by atoms with Crippen molar-refractivity contribution < 1.29 is 4.79 Å². The highest BCUT2D eigenvalue weighted by atomic mass is 32.1. The van der Waals surface area contributed by atoms with Crippen LogP contribution in [0.5, 0.6) is 0 Å². The Kier molecular flexibility index (Phi) is 2.52. The lowest BCUT2D eigenvalue weighted by Crippen LogP contribution is -2.33. The number of hydrogen-bond acceptors (Lipinski definition) is 4. The largest absolute Gasteiger partial charge is 0.336 e. The van der Waals surface area contributed by atoms with Crippen molar-refractivity contribution in [2.75, 3.05) is 6.54 Å². The number of hydrogen-bond donors (Lipinski definition) is 1. The van der Waals surface area contributed by atoms with Gasteiger partial charge in [-0.25, -0.2) is 4.98 Å². The van der Waals surface area contributed by atoms with Gasteiger partial charge in [-0.2, -0.15) is 0 Å². The zero-order chi connectivity index (χ0) is 10.1. The number of rotatable bonds is 2. The van der Waals surface area contributed by atoms with E-state index >= 15 is 0 Å². The van der Waals surface area contributed by atoms with Crippen LogP contribution >= 0.6 is 11.3 Å². The molecule has 0 spiro atoms. The first kappa shape index (κ1) is 9.61. The van der Waals surface area contributed by atoms with Crippen molar-refractivity contribution in [2.24, 2.45) is 5.73 Å². The average Bonchev–Trinajstić information content (AvgIpc) is 2.67. The van der Waals surface area contributed by atoms with Crippen LogP contribution in [0.25, 0.3) is 0 Å². The van der Waals surface area contributed by atoms with E-state index in [1.54, 1.807) is 16.2 Å². The summed E-state index contributed by atoms with van der Waals surface area (Å²) in [5.74, 6) is 0.0658. The molecule has 2 N–H and O–H groups in total. The van der Waals surface area contributed by atoms with Gasteiger partial charge in [0.2, 0.25) is 5.91 Å². The van der Waals surface area contributed by atoms with Gasteiger partial charge in [0.05, 0.1) is 17.6 Å². The van der Waals surface area contributed by atoms with Gasteiger partial charge in [0, 0.05) is 17.6 Å². The van der Waals surface area contributed by atoms with E-state index in [2.05, 4.69) is 4.98 Å². The van der Waals surface area contributed by atoms with E-state index in [1.165, 1.54) is 0 Å². The van der Waals surface area contributed by atoms with Gasteiger partial charge < -0.3 is 10.6 Å². The lowest BCUT2D eigenvalue weighted by Gasteiger charge is -2.13. The molecule has 0 radical (unpaired) electrons. The Balaban J connectivity index is 2.02. The Hall–Kier alpha value is -0.940. The molecule has 0 aromatic carbocycles. The molecule has 1 fully saturated rings. The first-order valence-corrected chi connectivity index (χ1v) is 5.44. The third-order valence-corrected chi connectivity index (χ3v) is 3.25. The number of aromatic nitrogens is 1. The minimum absolute atomic E-state index is 0.0658. The monoisotopic (exact) mass is 211 g/mol. The average molecular weight is 211 g/mol. The minimum Gasteiger partial charge on any atom is -0.336 e. The molecule has 5 heteroatoms. The number of likely N-dealkylation sites (tertiary alicyclic amines) is 1. The Labute approximate surface area is 86.7 Å². The molecular weight excluding hydrogens is 198 g/mol. The second kappa shape index (κ2) is 3.67. The molecule has 1 saturated heterocycles. The number of amides is 1. The smallest absolute Gasteiger partial charge is 0.239 e. The molecule has 14 heavy (non-hydrogen) atoms. The molecule has 1 unspecified atom stereocenters. The summed E-state index contributed by atoms with van der Waals surface area (Å²) in [7, 11) is 0. The van der Waals surface area contributed by atoms with Gasteiger partial charge in [0.15, 0.2) is 0 Å². The second-order valence-corrected chi connectivity index (χ2v) is 4.82. The summed E-state index contributed by atoms with van der Waals surface area (Å²) < 4.78 is 0. The number of thiazole rings is 1. The van der Waals surface area contributed by atoms with E-state index in [4.69, 9.17) is 5.73 Å². The lowest BCUT2D eigenvalue weighted by atomic mass is 10.3. The maximum Gasteiger partial charge on any atom is 0.239 e. The fourth-order valence-electron chi connectivity index (χ4n) is 1.59. The van der Waals surface area contributed by atoms with E-state index in [0.29, 0.717) is 6.54 Å². The molecule has 1 aliphatic heterocycles. The van der Waals surface area contributed by atoms with Crippen LogP contribution in [0.3, 0.4) is 0 Å². The van der Waals surface area contributed by atoms with Crippen LogP contribution < -0.4 is 5.73 Å². The van der Waals surface area contributed by atoms with Crippen LogP contribution in [0.2, 0.25) is 0 Å². The Morgan fingerprint density at radius 3 is 3.07 bits per heavy atom. The van der Waals surface area contributed by atoms with E-state index in [9.17, 15) is 4.79 Å². The fourth-order valence-corrected chi connectivity index (χ4v) is 2.40. The number of nitrogens with zero attached hydrogens (tertiary/aromatic N) is 2. The minimum atomic E-state index is -0.288. The highest BCUT2D eigenvalue weighted by Gasteiger charge is 2.28. The molecule has 0 bridgehead atoms. The number of aryl methyl sites for hydroxylation is 1. The van der Waals surface area contributed by atoms with Crippen LogP contribution in [0.15, 0.2) is 6.20 Å². The predicted molar refractivity (Wildman–Crippen MR) is 54.9 cm³/mol. The quantitative estimate of drug-likeness (QED) is 0.775. The van der Waals surface area contributed by atoms with Crippen molar-refractivity contribution >= 4 is 17.2 Å². The Morgan fingerprint density at radius 2 is 2.57 bits per heavy atom. The molecule has 1 aliphatic rings. The zero-order valence-electron chi connectivity index (χ0n) is 8.06. The van der Waals surface area contributed by atoms with Crippen molar-refractivity contribution in [3.8, 4) is 0 Å². The molecule has 2 heterocycles. The lowest BCUT2D eigenvalue weighted by molar-refractivity contribution is -0.129. The van der Waals surface area contributed by atoms with Gasteiger partial charge in [-0.1, -0.05) is 0 Å². The van der Waals surface area contributed by atoms with E-state index in [-0.39, 0.29) is 11.9 Å². The highest BCUT2D eigenvalue weighted by molar-refractivity contribution is 7.11. The summed E-state index contributed by atoms with van der Waals surface area (Å²) in [4.78, 5) is 18.6. The standard InChI is InChI=1S/C9H13N3OS/c1-6-11-4-7(14-6)5-12-3-2-8(10)9(12)13/h4,8H,2-3,5,10H2,1H3. The van der Waals surface area contributed by atoms with E-state index in [1.807, 2.05) is 13.1 Å². The van der Waals surface area contributed by atoms with Crippen LogP contribution in [0.4, 0.5) is 0 Å². The Morgan fingerprint density at radius 1 is 1.79 bits per heavy atom. The van der Waals surface area contributed by atoms with Gasteiger partial charge >= 0.3 is 0 Å². The van der Waals surface area contributed by atoms with Crippen LogP contribution in [-0.2, 0) is 11.3 Å². The second-order valence-electron chi connectivity index (χ2n) is 3.50. The summed E-state index contributed by atoms with van der Waals surface area (Å²) in [6, 6.07) is -0.288. The molecule has 0 aliphatic carbocycles.